The van der Waals surface area contributed by atoms with Crippen LogP contribution in [0.15, 0.2) is 206 Å². The first kappa shape index (κ1) is 30.6. The van der Waals surface area contributed by atoms with Crippen LogP contribution in [0.5, 0.6) is 0 Å². The van der Waals surface area contributed by atoms with Crippen molar-refractivity contribution in [3.63, 3.8) is 0 Å². The van der Waals surface area contributed by atoms with Crippen molar-refractivity contribution >= 4 is 64.6 Å². The number of rotatable bonds is 4. The fourth-order valence-electron chi connectivity index (χ4n) is 8.55. The van der Waals surface area contributed by atoms with Crippen molar-refractivity contribution in [2.24, 2.45) is 0 Å². The standard InChI is InChI=1S/C54H34/c1-2-8-39-30-41(17-14-35(39)6-1)42-23-27-53-46(32-42)20-21-48-34-44(25-29-54(48)53)43-24-28-52-47(33-43)19-18-45-31-40(22-26-51(45)52)36-12-15-38(16-13-36)50-11-5-9-37-7-3-4-10-49(37)50/h1-34H. The van der Waals surface area contributed by atoms with Gasteiger partial charge >= 0.3 is 0 Å². The molecular weight excluding hydrogens is 649 g/mol. The Morgan fingerprint density at radius 2 is 0.519 bits per heavy atom. The molecule has 250 valence electrons. The molecule has 0 heterocycles. The minimum Gasteiger partial charge on any atom is -0.0616 e. The van der Waals surface area contributed by atoms with E-state index < -0.39 is 0 Å². The second-order valence-electron chi connectivity index (χ2n) is 14.5. The summed E-state index contributed by atoms with van der Waals surface area (Å²) in [7, 11) is 0. The van der Waals surface area contributed by atoms with E-state index in [1.165, 1.54) is 109 Å². The van der Waals surface area contributed by atoms with E-state index >= 15 is 0 Å². The van der Waals surface area contributed by atoms with Crippen LogP contribution in [-0.4, -0.2) is 0 Å². The second-order valence-corrected chi connectivity index (χ2v) is 14.5. The molecule has 0 aliphatic rings. The van der Waals surface area contributed by atoms with Crippen LogP contribution in [0.1, 0.15) is 0 Å². The Labute approximate surface area is 314 Å². The molecule has 11 aromatic rings. The molecule has 11 rings (SSSR count). The Bertz CT molecular complexity index is 3250. The first-order chi connectivity index (χ1) is 26.7. The number of hydrogen-bond acceptors (Lipinski definition) is 0. The van der Waals surface area contributed by atoms with Crippen LogP contribution >= 0.6 is 0 Å². The normalized spacial score (nSPS) is 11.7. The average Bonchev–Trinajstić information content (AvgIpc) is 3.25. The van der Waals surface area contributed by atoms with Gasteiger partial charge in [0.05, 0.1) is 0 Å². The molecule has 0 atom stereocenters. The maximum Gasteiger partial charge on any atom is -0.0105 e. The van der Waals surface area contributed by atoms with E-state index in [0.29, 0.717) is 0 Å². The number of hydrogen-bond donors (Lipinski definition) is 0. The molecule has 0 spiro atoms. The topological polar surface area (TPSA) is 0 Å². The van der Waals surface area contributed by atoms with Crippen LogP contribution in [0.2, 0.25) is 0 Å². The van der Waals surface area contributed by atoms with Crippen molar-refractivity contribution in [2.45, 2.75) is 0 Å². The Kier molecular flexibility index (Phi) is 6.97. The van der Waals surface area contributed by atoms with E-state index in [4.69, 9.17) is 0 Å². The van der Waals surface area contributed by atoms with Gasteiger partial charge in [0.15, 0.2) is 0 Å². The fourth-order valence-corrected chi connectivity index (χ4v) is 8.55. The van der Waals surface area contributed by atoms with Gasteiger partial charge in [-0.3, -0.25) is 0 Å². The van der Waals surface area contributed by atoms with Gasteiger partial charge in [0.25, 0.3) is 0 Å². The second kappa shape index (κ2) is 12.3. The van der Waals surface area contributed by atoms with Crippen molar-refractivity contribution in [3.05, 3.63) is 206 Å². The summed E-state index contributed by atoms with van der Waals surface area (Å²) in [6, 6.07) is 76.1. The van der Waals surface area contributed by atoms with Crippen LogP contribution in [-0.2, 0) is 0 Å². The SMILES string of the molecule is c1ccc2cc(-c3ccc4c(ccc5cc(-c6ccc7c(ccc8cc(-c9ccc(-c%10cccc%11ccccc%10%11)cc9)ccc87)c6)ccc54)c3)ccc2c1. The summed E-state index contributed by atoms with van der Waals surface area (Å²) in [4.78, 5) is 0. The van der Waals surface area contributed by atoms with E-state index in [2.05, 4.69) is 206 Å². The third-order valence-electron chi connectivity index (χ3n) is 11.4. The van der Waals surface area contributed by atoms with Gasteiger partial charge in [-0.25, -0.2) is 0 Å². The van der Waals surface area contributed by atoms with Crippen LogP contribution in [0, 0.1) is 0 Å². The zero-order valence-electron chi connectivity index (χ0n) is 29.6. The zero-order chi connectivity index (χ0) is 35.6. The van der Waals surface area contributed by atoms with E-state index in [1.54, 1.807) is 0 Å². The summed E-state index contributed by atoms with van der Waals surface area (Å²) >= 11 is 0. The molecule has 0 fully saturated rings. The minimum atomic E-state index is 1.23. The molecule has 54 heavy (non-hydrogen) atoms. The number of benzene rings is 11. The molecular formula is C54H34. The van der Waals surface area contributed by atoms with Gasteiger partial charge in [-0.05, 0) is 139 Å². The van der Waals surface area contributed by atoms with Gasteiger partial charge in [0.1, 0.15) is 0 Å². The highest BCUT2D eigenvalue weighted by Gasteiger charge is 2.10. The summed E-state index contributed by atoms with van der Waals surface area (Å²) < 4.78 is 0. The number of fused-ring (bicyclic) bond motifs is 8. The molecule has 0 unspecified atom stereocenters. The summed E-state index contributed by atoms with van der Waals surface area (Å²) in [5, 5.41) is 15.3. The summed E-state index contributed by atoms with van der Waals surface area (Å²) in [6.45, 7) is 0. The lowest BCUT2D eigenvalue weighted by Gasteiger charge is -2.12. The molecule has 0 aromatic heterocycles. The smallest absolute Gasteiger partial charge is 0.0105 e. The fraction of sp³-hybridized carbons (Fsp3) is 0. The summed E-state index contributed by atoms with van der Waals surface area (Å²) in [5.41, 5.74) is 9.94. The third-order valence-corrected chi connectivity index (χ3v) is 11.4. The Morgan fingerprint density at radius 3 is 1.06 bits per heavy atom. The van der Waals surface area contributed by atoms with Crippen molar-refractivity contribution in [1.29, 1.82) is 0 Å². The molecule has 0 bridgehead atoms. The highest BCUT2D eigenvalue weighted by atomic mass is 14.1. The van der Waals surface area contributed by atoms with E-state index in [0.717, 1.165) is 0 Å². The van der Waals surface area contributed by atoms with Gasteiger partial charge in [-0.15, -0.1) is 0 Å². The van der Waals surface area contributed by atoms with Gasteiger partial charge in [-0.2, -0.15) is 0 Å². The molecule has 11 aromatic carbocycles. The largest absolute Gasteiger partial charge is 0.0616 e. The molecule has 0 amide bonds. The van der Waals surface area contributed by atoms with Gasteiger partial charge in [-0.1, -0.05) is 176 Å². The van der Waals surface area contributed by atoms with Gasteiger partial charge in [0.2, 0.25) is 0 Å². The molecule has 0 nitrogen and oxygen atoms in total. The lowest BCUT2D eigenvalue weighted by Crippen LogP contribution is -1.85. The monoisotopic (exact) mass is 682 g/mol. The third kappa shape index (κ3) is 5.15. The highest BCUT2D eigenvalue weighted by molar-refractivity contribution is 6.11. The zero-order valence-corrected chi connectivity index (χ0v) is 29.6. The summed E-state index contributed by atoms with van der Waals surface area (Å²) in [5.74, 6) is 0. The van der Waals surface area contributed by atoms with E-state index in [9.17, 15) is 0 Å². The van der Waals surface area contributed by atoms with Crippen LogP contribution in [0.25, 0.3) is 109 Å². The molecule has 0 saturated heterocycles. The minimum absolute atomic E-state index is 1.23. The first-order valence-corrected chi connectivity index (χ1v) is 18.7. The van der Waals surface area contributed by atoms with Crippen LogP contribution in [0.4, 0.5) is 0 Å². The summed E-state index contributed by atoms with van der Waals surface area (Å²) in [6.07, 6.45) is 0. The van der Waals surface area contributed by atoms with Crippen molar-refractivity contribution < 1.29 is 0 Å². The van der Waals surface area contributed by atoms with Crippen LogP contribution < -0.4 is 0 Å². The maximum atomic E-state index is 2.34. The van der Waals surface area contributed by atoms with E-state index in [1.807, 2.05) is 0 Å². The lowest BCUT2D eigenvalue weighted by molar-refractivity contribution is 1.62. The van der Waals surface area contributed by atoms with E-state index in [-0.39, 0.29) is 0 Å². The first-order valence-electron chi connectivity index (χ1n) is 18.7. The van der Waals surface area contributed by atoms with Crippen molar-refractivity contribution in [1.82, 2.24) is 0 Å². The average molecular weight is 683 g/mol. The molecule has 0 N–H and O–H groups in total. The Morgan fingerprint density at radius 1 is 0.167 bits per heavy atom. The predicted molar refractivity (Wildman–Crippen MR) is 233 cm³/mol. The molecule has 0 heteroatoms. The van der Waals surface area contributed by atoms with Crippen LogP contribution in [0.3, 0.4) is 0 Å². The predicted octanol–water partition coefficient (Wildman–Crippen LogP) is 15.3. The van der Waals surface area contributed by atoms with Crippen molar-refractivity contribution in [2.75, 3.05) is 0 Å². The Balaban J connectivity index is 0.889. The highest BCUT2D eigenvalue weighted by Crippen LogP contribution is 2.37. The Hall–Kier alpha value is -7.02. The lowest BCUT2D eigenvalue weighted by atomic mass is 9.92. The molecule has 0 aliphatic carbocycles. The van der Waals surface area contributed by atoms with Crippen molar-refractivity contribution in [3.8, 4) is 44.5 Å². The van der Waals surface area contributed by atoms with Gasteiger partial charge < -0.3 is 0 Å². The van der Waals surface area contributed by atoms with Gasteiger partial charge in [0, 0.05) is 0 Å². The molecule has 0 saturated carbocycles. The molecule has 0 aliphatic heterocycles. The maximum absolute atomic E-state index is 2.34. The quantitative estimate of drug-likeness (QED) is 0.162. The molecule has 0 radical (unpaired) electrons.